The molecule has 1 fully saturated rings. The van der Waals surface area contributed by atoms with Crippen molar-refractivity contribution in [3.8, 4) is 0 Å². The number of carbonyl (C=O) groups is 2. The second-order valence-corrected chi connectivity index (χ2v) is 8.41. The molecule has 3 rings (SSSR count). The fraction of sp³-hybridized carbons (Fsp3) is 0.417. The molecule has 0 bridgehead atoms. The van der Waals surface area contributed by atoms with E-state index in [0.717, 1.165) is 22.4 Å². The van der Waals surface area contributed by atoms with Crippen molar-refractivity contribution in [3.63, 3.8) is 0 Å². The first-order valence-corrected chi connectivity index (χ1v) is 10.9. The van der Waals surface area contributed by atoms with Crippen LogP contribution in [0.25, 0.3) is 0 Å². The van der Waals surface area contributed by atoms with Crippen molar-refractivity contribution in [1.29, 1.82) is 0 Å². The number of aryl methyl sites for hydroxylation is 2. The number of ether oxygens (including phenoxy) is 1. The standard InChI is InChI=1S/C24H30ClN3O3/c1-16-9-10-17(2)21(15-16)26-23(29)18(3)27-11-13-28(14-12-27)22(24(30)31-4)19-7-5-6-8-20(19)25/h5-10,15,18,22H,11-14H2,1-4H3,(H,26,29). The summed E-state index contributed by atoms with van der Waals surface area (Å²) in [4.78, 5) is 29.6. The predicted molar refractivity (Wildman–Crippen MR) is 123 cm³/mol. The lowest BCUT2D eigenvalue weighted by Gasteiger charge is -2.40. The number of nitrogens with one attached hydrogen (secondary N) is 1. The van der Waals surface area contributed by atoms with Crippen LogP contribution in [-0.4, -0.2) is 61.0 Å². The highest BCUT2D eigenvalue weighted by atomic mass is 35.5. The van der Waals surface area contributed by atoms with Crippen LogP contribution in [0.15, 0.2) is 42.5 Å². The summed E-state index contributed by atoms with van der Waals surface area (Å²) < 4.78 is 5.06. The van der Waals surface area contributed by atoms with E-state index in [1.165, 1.54) is 7.11 Å². The van der Waals surface area contributed by atoms with Crippen molar-refractivity contribution in [2.75, 3.05) is 38.6 Å². The van der Waals surface area contributed by atoms with Crippen LogP contribution in [0.5, 0.6) is 0 Å². The zero-order valence-corrected chi connectivity index (χ0v) is 19.3. The molecule has 166 valence electrons. The van der Waals surface area contributed by atoms with Crippen LogP contribution in [0.4, 0.5) is 5.69 Å². The van der Waals surface area contributed by atoms with Gasteiger partial charge in [0, 0.05) is 36.9 Å². The second-order valence-electron chi connectivity index (χ2n) is 8.00. The Morgan fingerprint density at radius 1 is 1.03 bits per heavy atom. The van der Waals surface area contributed by atoms with Gasteiger partial charge in [-0.25, -0.2) is 4.79 Å². The van der Waals surface area contributed by atoms with Crippen LogP contribution >= 0.6 is 11.6 Å². The fourth-order valence-corrected chi connectivity index (χ4v) is 4.18. The number of hydrogen-bond donors (Lipinski definition) is 1. The monoisotopic (exact) mass is 443 g/mol. The SMILES string of the molecule is COC(=O)C(c1ccccc1Cl)N1CCN(C(C)C(=O)Nc2cc(C)ccc2C)CC1. The van der Waals surface area contributed by atoms with E-state index in [1.54, 1.807) is 6.07 Å². The molecule has 2 atom stereocenters. The number of hydrogen-bond acceptors (Lipinski definition) is 5. The Kier molecular flexibility index (Phi) is 7.70. The van der Waals surface area contributed by atoms with Gasteiger partial charge in [0.25, 0.3) is 0 Å². The number of esters is 1. The van der Waals surface area contributed by atoms with Crippen molar-refractivity contribution < 1.29 is 14.3 Å². The summed E-state index contributed by atoms with van der Waals surface area (Å²) in [5, 5.41) is 3.60. The summed E-state index contributed by atoms with van der Waals surface area (Å²) in [7, 11) is 1.39. The average Bonchev–Trinajstić information content (AvgIpc) is 2.77. The van der Waals surface area contributed by atoms with Gasteiger partial charge in [-0.2, -0.15) is 0 Å². The van der Waals surface area contributed by atoms with Gasteiger partial charge in [-0.3, -0.25) is 14.6 Å². The van der Waals surface area contributed by atoms with Gasteiger partial charge < -0.3 is 10.1 Å². The Morgan fingerprint density at radius 2 is 1.68 bits per heavy atom. The van der Waals surface area contributed by atoms with Gasteiger partial charge in [-0.1, -0.05) is 41.9 Å². The maximum atomic E-state index is 12.9. The van der Waals surface area contributed by atoms with Crippen molar-refractivity contribution in [1.82, 2.24) is 9.80 Å². The number of amides is 1. The van der Waals surface area contributed by atoms with E-state index in [4.69, 9.17) is 16.3 Å². The first kappa shape index (κ1) is 23.3. The molecular formula is C24H30ClN3O3. The summed E-state index contributed by atoms with van der Waals surface area (Å²) in [5.41, 5.74) is 3.73. The quantitative estimate of drug-likeness (QED) is 0.688. The lowest BCUT2D eigenvalue weighted by atomic mass is 10.0. The van der Waals surface area contributed by atoms with Crippen LogP contribution in [-0.2, 0) is 14.3 Å². The van der Waals surface area contributed by atoms with Gasteiger partial charge in [-0.05, 0) is 49.6 Å². The minimum absolute atomic E-state index is 0.0298. The molecule has 1 heterocycles. The van der Waals surface area contributed by atoms with Gasteiger partial charge in [-0.15, -0.1) is 0 Å². The summed E-state index contributed by atoms with van der Waals surface area (Å²) >= 11 is 6.36. The third-order valence-corrected chi connectivity index (χ3v) is 6.26. The number of carbonyl (C=O) groups excluding carboxylic acids is 2. The Labute approximate surface area is 189 Å². The molecule has 6 nitrogen and oxygen atoms in total. The average molecular weight is 444 g/mol. The van der Waals surface area contributed by atoms with E-state index >= 15 is 0 Å². The highest BCUT2D eigenvalue weighted by molar-refractivity contribution is 6.31. The number of nitrogens with zero attached hydrogens (tertiary/aromatic N) is 2. The van der Waals surface area contributed by atoms with Gasteiger partial charge in [0.1, 0.15) is 6.04 Å². The highest BCUT2D eigenvalue weighted by Gasteiger charge is 2.34. The molecule has 1 amide bonds. The molecule has 0 saturated carbocycles. The molecule has 0 aromatic heterocycles. The molecule has 7 heteroatoms. The molecule has 1 saturated heterocycles. The number of benzene rings is 2. The molecule has 31 heavy (non-hydrogen) atoms. The van der Waals surface area contributed by atoms with Crippen molar-refractivity contribution in [2.45, 2.75) is 32.9 Å². The van der Waals surface area contributed by atoms with Gasteiger partial charge >= 0.3 is 5.97 Å². The van der Waals surface area contributed by atoms with E-state index in [2.05, 4.69) is 15.1 Å². The first-order valence-electron chi connectivity index (χ1n) is 10.5. The number of anilines is 1. The maximum Gasteiger partial charge on any atom is 0.327 e. The second kappa shape index (κ2) is 10.3. The molecule has 2 unspecified atom stereocenters. The zero-order chi connectivity index (χ0) is 22.5. The Hall–Kier alpha value is -2.41. The van der Waals surface area contributed by atoms with Crippen molar-refractivity contribution in [2.24, 2.45) is 0 Å². The zero-order valence-electron chi connectivity index (χ0n) is 18.5. The van der Waals surface area contributed by atoms with E-state index in [0.29, 0.717) is 31.2 Å². The van der Waals surface area contributed by atoms with Gasteiger partial charge in [0.15, 0.2) is 0 Å². The number of halogens is 1. The molecule has 0 aliphatic carbocycles. The number of piperazine rings is 1. The molecule has 2 aromatic rings. The smallest absolute Gasteiger partial charge is 0.327 e. The minimum Gasteiger partial charge on any atom is -0.468 e. The minimum atomic E-state index is -0.556. The van der Waals surface area contributed by atoms with Crippen LogP contribution in [0, 0.1) is 13.8 Å². The Bertz CT molecular complexity index is 941. The predicted octanol–water partition coefficient (Wildman–Crippen LogP) is 3.82. The Balaban J connectivity index is 1.66. The molecular weight excluding hydrogens is 414 g/mol. The van der Waals surface area contributed by atoms with E-state index < -0.39 is 6.04 Å². The molecule has 2 aromatic carbocycles. The van der Waals surface area contributed by atoms with Crippen molar-refractivity contribution in [3.05, 3.63) is 64.2 Å². The van der Waals surface area contributed by atoms with E-state index in [9.17, 15) is 9.59 Å². The van der Waals surface area contributed by atoms with E-state index in [-0.39, 0.29) is 17.9 Å². The Morgan fingerprint density at radius 3 is 2.32 bits per heavy atom. The summed E-state index contributed by atoms with van der Waals surface area (Å²) in [6.45, 7) is 8.51. The summed E-state index contributed by atoms with van der Waals surface area (Å²) in [5.74, 6) is -0.361. The molecule has 1 N–H and O–H groups in total. The third-order valence-electron chi connectivity index (χ3n) is 5.92. The van der Waals surface area contributed by atoms with E-state index in [1.807, 2.05) is 57.2 Å². The number of rotatable bonds is 6. The van der Waals surface area contributed by atoms with Crippen LogP contribution in [0.1, 0.15) is 29.7 Å². The summed E-state index contributed by atoms with van der Waals surface area (Å²) in [6, 6.07) is 12.5. The molecule has 1 aliphatic rings. The van der Waals surface area contributed by atoms with Gasteiger partial charge in [0.2, 0.25) is 5.91 Å². The molecule has 1 aliphatic heterocycles. The van der Waals surface area contributed by atoms with Crippen LogP contribution in [0.2, 0.25) is 5.02 Å². The van der Waals surface area contributed by atoms with Gasteiger partial charge in [0.05, 0.1) is 13.2 Å². The molecule has 0 radical (unpaired) electrons. The topological polar surface area (TPSA) is 61.9 Å². The largest absolute Gasteiger partial charge is 0.468 e. The lowest BCUT2D eigenvalue weighted by molar-refractivity contribution is -0.148. The number of methoxy groups -OCH3 is 1. The third kappa shape index (κ3) is 5.45. The normalized spacial score (nSPS) is 17.1. The first-order chi connectivity index (χ1) is 14.8. The van der Waals surface area contributed by atoms with Crippen LogP contribution in [0.3, 0.4) is 0 Å². The summed E-state index contributed by atoms with van der Waals surface area (Å²) in [6.07, 6.45) is 0. The fourth-order valence-electron chi connectivity index (χ4n) is 3.94. The van der Waals surface area contributed by atoms with Crippen molar-refractivity contribution >= 4 is 29.2 Å². The van der Waals surface area contributed by atoms with Crippen LogP contribution < -0.4 is 5.32 Å². The lowest BCUT2D eigenvalue weighted by Crippen LogP contribution is -2.54. The highest BCUT2D eigenvalue weighted by Crippen LogP contribution is 2.29. The molecule has 0 spiro atoms. The maximum absolute atomic E-state index is 12.9.